The third-order valence-corrected chi connectivity index (χ3v) is 2.03. The zero-order valence-electron chi connectivity index (χ0n) is 12.5. The summed E-state index contributed by atoms with van der Waals surface area (Å²) >= 11 is 0. The van der Waals surface area contributed by atoms with Gasteiger partial charge in [0, 0.05) is 0 Å². The first kappa shape index (κ1) is 17.5. The minimum absolute atomic E-state index is 0.128. The van der Waals surface area contributed by atoms with Gasteiger partial charge in [0.2, 0.25) is 0 Å². The second-order valence-corrected chi connectivity index (χ2v) is 5.75. The maximum Gasteiger partial charge on any atom is 0.408 e. The van der Waals surface area contributed by atoms with Gasteiger partial charge in [-0.05, 0) is 33.1 Å². The first-order valence-corrected chi connectivity index (χ1v) is 6.42. The van der Waals surface area contributed by atoms with Crippen LogP contribution in [0.4, 0.5) is 4.79 Å². The molecule has 0 aromatic heterocycles. The van der Waals surface area contributed by atoms with Gasteiger partial charge in [-0.3, -0.25) is 0 Å². The minimum atomic E-state index is -0.699. The number of hydrogen-bond acceptors (Lipinski definition) is 4. The van der Waals surface area contributed by atoms with Crippen molar-refractivity contribution in [2.75, 3.05) is 6.61 Å². The number of rotatable bonds is 6. The van der Waals surface area contributed by atoms with E-state index in [9.17, 15) is 9.59 Å². The molecule has 0 aromatic rings. The molecule has 0 saturated carbocycles. The molecular weight excluding hydrogens is 246 g/mol. The lowest BCUT2D eigenvalue weighted by Crippen LogP contribution is -2.45. The molecule has 1 unspecified atom stereocenters. The third kappa shape index (κ3) is 9.11. The van der Waals surface area contributed by atoms with E-state index < -0.39 is 23.7 Å². The first-order valence-electron chi connectivity index (χ1n) is 6.42. The molecule has 19 heavy (non-hydrogen) atoms. The summed E-state index contributed by atoms with van der Waals surface area (Å²) in [5.41, 5.74) is -0.600. The van der Waals surface area contributed by atoms with Crippen LogP contribution in [-0.2, 0) is 14.3 Å². The molecule has 0 bridgehead atoms. The van der Waals surface area contributed by atoms with E-state index in [1.807, 2.05) is 13.8 Å². The highest BCUT2D eigenvalue weighted by atomic mass is 16.6. The Balaban J connectivity index is 4.54. The SMILES string of the molecule is C=CCOC(=O)C(CC(C)C)NC(=O)OC(C)(C)C. The van der Waals surface area contributed by atoms with Crippen LogP contribution >= 0.6 is 0 Å². The zero-order valence-corrected chi connectivity index (χ0v) is 12.5. The summed E-state index contributed by atoms with van der Waals surface area (Å²) < 4.78 is 10.1. The first-order chi connectivity index (χ1) is 8.65. The van der Waals surface area contributed by atoms with E-state index in [1.165, 1.54) is 6.08 Å². The molecule has 5 nitrogen and oxygen atoms in total. The molecule has 1 N–H and O–H groups in total. The number of esters is 1. The van der Waals surface area contributed by atoms with Gasteiger partial charge in [0.1, 0.15) is 18.2 Å². The summed E-state index contributed by atoms with van der Waals surface area (Å²) in [5.74, 6) is -0.226. The van der Waals surface area contributed by atoms with E-state index in [0.29, 0.717) is 6.42 Å². The fraction of sp³-hybridized carbons (Fsp3) is 0.714. The average Bonchev–Trinajstić information content (AvgIpc) is 2.21. The molecule has 0 aliphatic rings. The number of hydrogen-bond donors (Lipinski definition) is 1. The van der Waals surface area contributed by atoms with Crippen LogP contribution in [0.2, 0.25) is 0 Å². The largest absolute Gasteiger partial charge is 0.460 e. The van der Waals surface area contributed by atoms with Crippen molar-refractivity contribution in [2.45, 2.75) is 52.7 Å². The normalized spacial score (nSPS) is 12.7. The fourth-order valence-electron chi connectivity index (χ4n) is 1.38. The van der Waals surface area contributed by atoms with Crippen LogP contribution in [0.25, 0.3) is 0 Å². The zero-order chi connectivity index (χ0) is 15.1. The molecule has 0 aromatic carbocycles. The number of nitrogens with one attached hydrogen (secondary N) is 1. The molecule has 1 amide bonds. The summed E-state index contributed by atoms with van der Waals surface area (Å²) in [6, 6.07) is -0.699. The van der Waals surface area contributed by atoms with Gasteiger partial charge in [-0.25, -0.2) is 9.59 Å². The predicted octanol–water partition coefficient (Wildman–Crippen LogP) is 2.66. The van der Waals surface area contributed by atoms with Gasteiger partial charge in [-0.15, -0.1) is 0 Å². The van der Waals surface area contributed by atoms with Crippen molar-refractivity contribution in [1.29, 1.82) is 0 Å². The lowest BCUT2D eigenvalue weighted by Gasteiger charge is -2.23. The Morgan fingerprint density at radius 3 is 2.32 bits per heavy atom. The average molecular weight is 271 g/mol. The topological polar surface area (TPSA) is 64.6 Å². The molecule has 0 spiro atoms. The highest BCUT2D eigenvalue weighted by molar-refractivity contribution is 5.81. The molecule has 5 heteroatoms. The molecule has 0 aliphatic heterocycles. The second-order valence-electron chi connectivity index (χ2n) is 5.75. The molecule has 110 valence electrons. The minimum Gasteiger partial charge on any atom is -0.460 e. The highest BCUT2D eigenvalue weighted by Crippen LogP contribution is 2.10. The van der Waals surface area contributed by atoms with Gasteiger partial charge in [0.25, 0.3) is 0 Å². The maximum atomic E-state index is 11.8. The maximum absolute atomic E-state index is 11.8. The smallest absolute Gasteiger partial charge is 0.408 e. The van der Waals surface area contributed by atoms with Crippen molar-refractivity contribution in [2.24, 2.45) is 5.92 Å². The Labute approximate surface area is 115 Å². The van der Waals surface area contributed by atoms with Crippen molar-refractivity contribution in [3.63, 3.8) is 0 Å². The molecule has 0 saturated heterocycles. The number of ether oxygens (including phenoxy) is 2. The summed E-state index contributed by atoms with van der Waals surface area (Å²) in [4.78, 5) is 23.5. The Morgan fingerprint density at radius 1 is 1.32 bits per heavy atom. The number of carbonyl (C=O) groups excluding carboxylic acids is 2. The summed E-state index contributed by atoms with van der Waals surface area (Å²) in [6.45, 7) is 12.8. The molecule has 0 heterocycles. The Bertz CT molecular complexity index is 318. The van der Waals surface area contributed by atoms with E-state index >= 15 is 0 Å². The van der Waals surface area contributed by atoms with Crippen LogP contribution < -0.4 is 5.32 Å². The lowest BCUT2D eigenvalue weighted by atomic mass is 10.0. The number of carbonyl (C=O) groups is 2. The summed E-state index contributed by atoms with van der Waals surface area (Å²) in [5, 5.41) is 2.54. The summed E-state index contributed by atoms with van der Waals surface area (Å²) in [7, 11) is 0. The Morgan fingerprint density at radius 2 is 1.89 bits per heavy atom. The summed E-state index contributed by atoms with van der Waals surface area (Å²) in [6.07, 6.45) is 1.36. The standard InChI is InChI=1S/C14H25NO4/c1-7-8-18-12(16)11(9-10(2)3)15-13(17)19-14(4,5)6/h7,10-11H,1,8-9H2,2-6H3,(H,15,17). The van der Waals surface area contributed by atoms with E-state index in [1.54, 1.807) is 20.8 Å². The fourth-order valence-corrected chi connectivity index (χ4v) is 1.38. The van der Waals surface area contributed by atoms with Crippen molar-refractivity contribution < 1.29 is 19.1 Å². The van der Waals surface area contributed by atoms with E-state index in [4.69, 9.17) is 9.47 Å². The molecule has 0 fully saturated rings. The number of alkyl carbamates (subject to hydrolysis) is 1. The van der Waals surface area contributed by atoms with Crippen LogP contribution in [0.5, 0.6) is 0 Å². The van der Waals surface area contributed by atoms with Crippen LogP contribution in [0.1, 0.15) is 41.0 Å². The van der Waals surface area contributed by atoms with Gasteiger partial charge >= 0.3 is 12.1 Å². The van der Waals surface area contributed by atoms with Gasteiger partial charge in [-0.1, -0.05) is 26.5 Å². The van der Waals surface area contributed by atoms with E-state index in [0.717, 1.165) is 0 Å². The molecule has 0 aliphatic carbocycles. The van der Waals surface area contributed by atoms with Crippen LogP contribution in [0.3, 0.4) is 0 Å². The monoisotopic (exact) mass is 271 g/mol. The van der Waals surface area contributed by atoms with Crippen LogP contribution in [0, 0.1) is 5.92 Å². The quantitative estimate of drug-likeness (QED) is 0.596. The van der Waals surface area contributed by atoms with E-state index in [2.05, 4.69) is 11.9 Å². The second kappa shape index (κ2) is 7.81. The van der Waals surface area contributed by atoms with Gasteiger partial charge < -0.3 is 14.8 Å². The number of amides is 1. The van der Waals surface area contributed by atoms with Crippen molar-refractivity contribution in [3.05, 3.63) is 12.7 Å². The van der Waals surface area contributed by atoms with Crippen molar-refractivity contribution in [3.8, 4) is 0 Å². The predicted molar refractivity (Wildman–Crippen MR) is 73.8 cm³/mol. The Kier molecular flexibility index (Phi) is 7.19. The Hall–Kier alpha value is -1.52. The molecule has 0 radical (unpaired) electrons. The van der Waals surface area contributed by atoms with Crippen LogP contribution in [0.15, 0.2) is 12.7 Å². The third-order valence-electron chi connectivity index (χ3n) is 2.03. The van der Waals surface area contributed by atoms with Gasteiger partial charge in [-0.2, -0.15) is 0 Å². The lowest BCUT2D eigenvalue weighted by molar-refractivity contribution is -0.145. The van der Waals surface area contributed by atoms with Gasteiger partial charge in [0.15, 0.2) is 0 Å². The highest BCUT2D eigenvalue weighted by Gasteiger charge is 2.25. The van der Waals surface area contributed by atoms with Crippen molar-refractivity contribution in [1.82, 2.24) is 5.32 Å². The van der Waals surface area contributed by atoms with Crippen molar-refractivity contribution >= 4 is 12.1 Å². The molecule has 0 rings (SSSR count). The molecular formula is C14H25NO4. The van der Waals surface area contributed by atoms with Gasteiger partial charge in [0.05, 0.1) is 0 Å². The van der Waals surface area contributed by atoms with E-state index in [-0.39, 0.29) is 12.5 Å². The molecule has 1 atom stereocenters. The van der Waals surface area contributed by atoms with Crippen LogP contribution in [-0.4, -0.2) is 30.3 Å².